The van der Waals surface area contributed by atoms with Crippen molar-refractivity contribution in [1.82, 2.24) is 19.2 Å². The van der Waals surface area contributed by atoms with Gasteiger partial charge in [-0.05, 0) is 44.2 Å². The Labute approximate surface area is 161 Å². The largest absolute Gasteiger partial charge is 0.364 e. The highest BCUT2D eigenvalue weighted by molar-refractivity contribution is 7.11. The lowest BCUT2D eigenvalue weighted by Crippen LogP contribution is -2.53. The Kier molecular flexibility index (Phi) is 4.10. The fourth-order valence-corrected chi connectivity index (χ4v) is 5.10. The highest BCUT2D eigenvalue weighted by Gasteiger charge is 2.43. The predicted octanol–water partition coefficient (Wildman–Crippen LogP) is 1.36. The van der Waals surface area contributed by atoms with Gasteiger partial charge in [-0.2, -0.15) is 5.10 Å². The van der Waals surface area contributed by atoms with Crippen LogP contribution in [0, 0.1) is 12.8 Å². The molecule has 8 heteroatoms. The first kappa shape index (κ1) is 17.3. The van der Waals surface area contributed by atoms with E-state index in [2.05, 4.69) is 29.1 Å². The first-order valence-electron chi connectivity index (χ1n) is 9.64. The van der Waals surface area contributed by atoms with E-state index in [1.54, 1.807) is 4.57 Å². The summed E-state index contributed by atoms with van der Waals surface area (Å²) in [6.07, 6.45) is 3.10. The highest BCUT2D eigenvalue weighted by Crippen LogP contribution is 2.33. The van der Waals surface area contributed by atoms with Crippen molar-refractivity contribution in [2.24, 2.45) is 5.92 Å². The van der Waals surface area contributed by atoms with Crippen LogP contribution in [0.1, 0.15) is 34.8 Å². The molecule has 27 heavy (non-hydrogen) atoms. The van der Waals surface area contributed by atoms with Crippen molar-refractivity contribution in [3.63, 3.8) is 0 Å². The maximum Gasteiger partial charge on any atom is 0.332 e. The Morgan fingerprint density at radius 1 is 1.26 bits per heavy atom. The molecular weight excluding hydrogens is 364 g/mol. The molecule has 1 saturated heterocycles. The van der Waals surface area contributed by atoms with Gasteiger partial charge in [0.15, 0.2) is 5.82 Å². The second kappa shape index (κ2) is 6.39. The van der Waals surface area contributed by atoms with Crippen LogP contribution in [-0.4, -0.2) is 37.9 Å². The van der Waals surface area contributed by atoms with Crippen molar-refractivity contribution in [3.8, 4) is 0 Å². The van der Waals surface area contributed by atoms with Crippen LogP contribution in [0.4, 0.5) is 0 Å². The molecule has 2 fully saturated rings. The van der Waals surface area contributed by atoms with Gasteiger partial charge in [0.1, 0.15) is 12.2 Å². The van der Waals surface area contributed by atoms with Crippen molar-refractivity contribution in [3.05, 3.63) is 48.4 Å². The molecule has 144 valence electrons. The number of ether oxygens (including phenoxy) is 1. The first-order valence-corrected chi connectivity index (χ1v) is 10.5. The fourth-order valence-electron chi connectivity index (χ4n) is 4.17. The zero-order valence-electron chi connectivity index (χ0n) is 15.5. The molecule has 2 aromatic rings. The Morgan fingerprint density at radius 2 is 2.11 bits per heavy atom. The average molecular weight is 388 g/mol. The molecule has 2 aromatic heterocycles. The van der Waals surface area contributed by atoms with Gasteiger partial charge in [-0.1, -0.05) is 0 Å². The normalized spacial score (nSPS) is 25.2. The summed E-state index contributed by atoms with van der Waals surface area (Å²) in [5.74, 6) is 1.08. The zero-order valence-corrected chi connectivity index (χ0v) is 16.3. The molecule has 1 unspecified atom stereocenters. The number of fused-ring (bicyclic) bond motifs is 1. The third-order valence-electron chi connectivity index (χ3n) is 5.86. The van der Waals surface area contributed by atoms with Crippen molar-refractivity contribution in [1.29, 1.82) is 0 Å². The van der Waals surface area contributed by atoms with Crippen molar-refractivity contribution < 1.29 is 4.74 Å². The number of likely N-dealkylation sites (tertiary alicyclic amines) is 1. The van der Waals surface area contributed by atoms with E-state index in [0.717, 1.165) is 38.9 Å². The van der Waals surface area contributed by atoms with Crippen molar-refractivity contribution in [2.45, 2.75) is 58.0 Å². The molecule has 5 rings (SSSR count). The molecule has 3 aliphatic rings. The topological polar surface area (TPSA) is 69.4 Å². The monoisotopic (exact) mass is 388 g/mol. The van der Waals surface area contributed by atoms with Gasteiger partial charge < -0.3 is 4.74 Å². The van der Waals surface area contributed by atoms with E-state index in [1.807, 2.05) is 11.3 Å². The molecule has 0 aromatic carbocycles. The van der Waals surface area contributed by atoms with Crippen molar-refractivity contribution in [2.75, 3.05) is 13.1 Å². The molecule has 0 radical (unpaired) electrons. The molecule has 2 aliphatic heterocycles. The summed E-state index contributed by atoms with van der Waals surface area (Å²) in [7, 11) is 0. The lowest BCUT2D eigenvalue weighted by molar-refractivity contribution is -0.0859. The van der Waals surface area contributed by atoms with Crippen LogP contribution in [0.2, 0.25) is 0 Å². The van der Waals surface area contributed by atoms with Gasteiger partial charge in [-0.15, -0.1) is 11.3 Å². The van der Waals surface area contributed by atoms with E-state index in [9.17, 15) is 9.59 Å². The van der Waals surface area contributed by atoms with Gasteiger partial charge >= 0.3 is 11.1 Å². The van der Waals surface area contributed by atoms with Crippen molar-refractivity contribution >= 4 is 11.3 Å². The van der Waals surface area contributed by atoms with Crippen LogP contribution in [0.3, 0.4) is 0 Å². The van der Waals surface area contributed by atoms with Gasteiger partial charge in [0, 0.05) is 35.9 Å². The molecule has 1 atom stereocenters. The van der Waals surface area contributed by atoms with Crippen LogP contribution in [-0.2, 0) is 31.0 Å². The van der Waals surface area contributed by atoms with Gasteiger partial charge in [-0.25, -0.2) is 4.68 Å². The fraction of sp³-hybridized carbons (Fsp3) is 0.632. The van der Waals surface area contributed by atoms with Gasteiger partial charge in [-0.3, -0.25) is 19.1 Å². The quantitative estimate of drug-likeness (QED) is 0.740. The van der Waals surface area contributed by atoms with Crippen LogP contribution in [0.15, 0.2) is 21.7 Å². The number of nitrogens with zero attached hydrogens (tertiary/aromatic N) is 4. The minimum absolute atomic E-state index is 0.298. The molecule has 0 N–H and O–H groups in total. The summed E-state index contributed by atoms with van der Waals surface area (Å²) in [4.78, 5) is 30.2. The third kappa shape index (κ3) is 3.30. The molecule has 7 nitrogen and oxygen atoms in total. The smallest absolute Gasteiger partial charge is 0.332 e. The summed E-state index contributed by atoms with van der Waals surface area (Å²) in [6, 6.07) is 4.33. The molecule has 1 spiro atoms. The lowest BCUT2D eigenvalue weighted by atomic mass is 10.0. The molecule has 0 amide bonds. The molecule has 4 heterocycles. The number of hydrogen-bond acceptors (Lipinski definition) is 6. The number of rotatable bonds is 4. The Bertz CT molecular complexity index is 990. The summed E-state index contributed by atoms with van der Waals surface area (Å²) in [6.45, 7) is 6.03. The summed E-state index contributed by atoms with van der Waals surface area (Å²) in [5.41, 5.74) is -1.33. The second-order valence-electron chi connectivity index (χ2n) is 8.18. The number of thiophene rings is 1. The Hall–Kier alpha value is -1.77. The standard InChI is InChI=1S/C19H24N4O3S/c1-13-2-5-15(27-13)9-21-7-6-19(11-21)12-22-16(10-26-19)20-23(8-14-3-4-14)18(25)17(22)24/h2,5,14H,3-4,6-12H2,1H3. The van der Waals surface area contributed by atoms with Gasteiger partial charge in [0.05, 0.1) is 6.54 Å². The molecule has 1 saturated carbocycles. The maximum absolute atomic E-state index is 12.7. The SMILES string of the molecule is Cc1ccc(CN2CCC3(C2)Cn2c(nn(CC4CC4)c(=O)c2=O)CO3)s1. The van der Waals surface area contributed by atoms with Gasteiger partial charge in [0.25, 0.3) is 0 Å². The number of aromatic nitrogens is 3. The molecule has 0 bridgehead atoms. The summed E-state index contributed by atoms with van der Waals surface area (Å²) < 4.78 is 9.14. The van der Waals surface area contributed by atoms with E-state index in [1.165, 1.54) is 14.4 Å². The lowest BCUT2D eigenvalue weighted by Gasteiger charge is -2.35. The molecular formula is C19H24N4O3S. The highest BCUT2D eigenvalue weighted by atomic mass is 32.1. The average Bonchev–Trinajstić information content (AvgIpc) is 3.26. The van der Waals surface area contributed by atoms with Crippen LogP contribution >= 0.6 is 11.3 Å². The molecule has 1 aliphatic carbocycles. The third-order valence-corrected chi connectivity index (χ3v) is 6.85. The summed E-state index contributed by atoms with van der Waals surface area (Å²) in [5, 5.41) is 4.43. The zero-order chi connectivity index (χ0) is 18.6. The van der Waals surface area contributed by atoms with E-state index >= 15 is 0 Å². The van der Waals surface area contributed by atoms with Gasteiger partial charge in [0.2, 0.25) is 0 Å². The first-order chi connectivity index (χ1) is 13.0. The minimum Gasteiger partial charge on any atom is -0.364 e. The maximum atomic E-state index is 12.7. The summed E-state index contributed by atoms with van der Waals surface area (Å²) >= 11 is 1.82. The minimum atomic E-state index is -0.494. The van der Waals surface area contributed by atoms with E-state index in [-0.39, 0.29) is 5.60 Å². The van der Waals surface area contributed by atoms with Crippen LogP contribution in [0.25, 0.3) is 0 Å². The Morgan fingerprint density at radius 3 is 2.85 bits per heavy atom. The van der Waals surface area contributed by atoms with E-state index in [4.69, 9.17) is 4.74 Å². The Balaban J connectivity index is 1.35. The second-order valence-corrected chi connectivity index (χ2v) is 9.56. The van der Waals surface area contributed by atoms with E-state index in [0.29, 0.717) is 31.4 Å². The van der Waals surface area contributed by atoms with Crippen LogP contribution in [0.5, 0.6) is 0 Å². The number of aryl methyl sites for hydroxylation is 1. The van der Waals surface area contributed by atoms with Crippen LogP contribution < -0.4 is 11.1 Å². The predicted molar refractivity (Wildman–Crippen MR) is 102 cm³/mol. The number of hydrogen-bond donors (Lipinski definition) is 0. The van der Waals surface area contributed by atoms with E-state index < -0.39 is 11.1 Å².